The van der Waals surface area contributed by atoms with Crippen molar-refractivity contribution in [2.45, 2.75) is 199 Å². The molecule has 1 amide bonds. The van der Waals surface area contributed by atoms with Gasteiger partial charge in [0.1, 0.15) is 11.9 Å². The van der Waals surface area contributed by atoms with E-state index in [9.17, 15) is 19.8 Å². The Bertz CT molecular complexity index is 677. The van der Waals surface area contributed by atoms with Crippen LogP contribution in [-0.4, -0.2) is 70.9 Å². The number of amides is 1. The van der Waals surface area contributed by atoms with Gasteiger partial charge in [0.25, 0.3) is 0 Å². The normalized spacial score (nSPS) is 21.1. The minimum absolute atomic E-state index is 0.00131. The highest BCUT2D eigenvalue weighted by atomic mass is 16.7. The number of ketones is 1. The summed E-state index contributed by atoms with van der Waals surface area (Å²) in [5.74, 6) is -0.284. The first-order chi connectivity index (χ1) is 20.8. The maximum atomic E-state index is 11.8. The topological polar surface area (TPSA) is 125 Å². The van der Waals surface area contributed by atoms with Crippen molar-refractivity contribution in [1.29, 1.82) is 0 Å². The zero-order valence-corrected chi connectivity index (χ0v) is 27.7. The number of nitrogens with one attached hydrogen (secondary N) is 1. The standard InChI is InChI=1S/C35H67NO7/c1-29(42-35-33(40)28-32(39)30(2)43-35)23-21-19-17-15-13-11-9-7-5-3-4-6-8-10-12-14-16-18-20-22-24-31(38)27-34(41)36-25-26-37/h29-30,32-33,35,37,39-40H,3-28H2,1-2H3,(H,36,41)/t29-,30+,32-,33-,35-/m1/s1. The Morgan fingerprint density at radius 3 is 1.65 bits per heavy atom. The van der Waals surface area contributed by atoms with Crippen LogP contribution < -0.4 is 5.32 Å². The predicted octanol–water partition coefficient (Wildman–Crippen LogP) is 6.90. The minimum atomic E-state index is -0.753. The van der Waals surface area contributed by atoms with Gasteiger partial charge in [0.15, 0.2) is 6.29 Å². The molecule has 1 aliphatic heterocycles. The van der Waals surface area contributed by atoms with Gasteiger partial charge in [0.05, 0.1) is 31.3 Å². The summed E-state index contributed by atoms with van der Waals surface area (Å²) in [5.41, 5.74) is 0. The summed E-state index contributed by atoms with van der Waals surface area (Å²) >= 11 is 0. The Morgan fingerprint density at radius 2 is 1.19 bits per heavy atom. The van der Waals surface area contributed by atoms with E-state index in [1.54, 1.807) is 0 Å². The number of unbranched alkanes of at least 4 members (excludes halogenated alkanes) is 19. The quantitative estimate of drug-likeness (QED) is 0.0534. The molecule has 0 aliphatic carbocycles. The van der Waals surface area contributed by atoms with Crippen LogP contribution in [0.4, 0.5) is 0 Å². The number of carbonyl (C=O) groups excluding carboxylic acids is 2. The molecule has 1 fully saturated rings. The molecule has 0 aromatic heterocycles. The Labute approximate surface area is 263 Å². The second-order valence-corrected chi connectivity index (χ2v) is 12.9. The minimum Gasteiger partial charge on any atom is -0.395 e. The lowest BCUT2D eigenvalue weighted by atomic mass is 10.0. The Balaban J connectivity index is 1.75. The molecule has 0 spiro atoms. The molecule has 254 valence electrons. The summed E-state index contributed by atoms with van der Waals surface area (Å²) in [7, 11) is 0. The third-order valence-corrected chi connectivity index (χ3v) is 8.66. The number of hydrogen-bond donors (Lipinski definition) is 4. The number of carbonyl (C=O) groups is 2. The smallest absolute Gasteiger partial charge is 0.227 e. The molecule has 43 heavy (non-hydrogen) atoms. The Hall–Kier alpha value is -1.06. The van der Waals surface area contributed by atoms with Crippen molar-refractivity contribution in [2.24, 2.45) is 0 Å². The lowest BCUT2D eigenvalue weighted by Gasteiger charge is -2.36. The molecular formula is C35H67NO7. The first-order valence-corrected chi connectivity index (χ1v) is 17.9. The highest BCUT2D eigenvalue weighted by Crippen LogP contribution is 2.23. The van der Waals surface area contributed by atoms with E-state index in [0.29, 0.717) is 12.8 Å². The van der Waals surface area contributed by atoms with Gasteiger partial charge in [0.2, 0.25) is 5.91 Å². The van der Waals surface area contributed by atoms with Crippen molar-refractivity contribution < 1.29 is 34.4 Å². The van der Waals surface area contributed by atoms with Crippen molar-refractivity contribution in [1.82, 2.24) is 5.32 Å². The van der Waals surface area contributed by atoms with Crippen LogP contribution in [0.25, 0.3) is 0 Å². The predicted molar refractivity (Wildman–Crippen MR) is 173 cm³/mol. The van der Waals surface area contributed by atoms with Crippen molar-refractivity contribution >= 4 is 11.7 Å². The summed E-state index contributed by atoms with van der Waals surface area (Å²) in [6, 6.07) is 0. The first-order valence-electron chi connectivity index (χ1n) is 17.9. The van der Waals surface area contributed by atoms with Crippen LogP contribution in [0.15, 0.2) is 0 Å². The zero-order valence-electron chi connectivity index (χ0n) is 27.7. The van der Waals surface area contributed by atoms with E-state index in [-0.39, 0.29) is 43.5 Å². The summed E-state index contributed by atoms with van der Waals surface area (Å²) in [5, 5.41) is 31.0. The van der Waals surface area contributed by atoms with Crippen molar-refractivity contribution in [2.75, 3.05) is 13.2 Å². The molecule has 0 aromatic rings. The molecule has 8 nitrogen and oxygen atoms in total. The van der Waals surface area contributed by atoms with Crippen molar-refractivity contribution in [3.63, 3.8) is 0 Å². The van der Waals surface area contributed by atoms with E-state index in [1.807, 2.05) is 13.8 Å². The van der Waals surface area contributed by atoms with Crippen molar-refractivity contribution in [3.05, 3.63) is 0 Å². The maximum Gasteiger partial charge on any atom is 0.227 e. The molecule has 4 N–H and O–H groups in total. The molecule has 0 bridgehead atoms. The van der Waals surface area contributed by atoms with Gasteiger partial charge < -0.3 is 30.1 Å². The summed E-state index contributed by atoms with van der Waals surface area (Å²) in [6.07, 6.45) is 25.1. The fourth-order valence-corrected chi connectivity index (χ4v) is 5.82. The number of aliphatic hydroxyl groups is 3. The highest BCUT2D eigenvalue weighted by Gasteiger charge is 2.35. The van der Waals surface area contributed by atoms with E-state index in [0.717, 1.165) is 25.7 Å². The van der Waals surface area contributed by atoms with Crippen LogP contribution in [0.5, 0.6) is 0 Å². The van der Waals surface area contributed by atoms with Gasteiger partial charge in [-0.1, -0.05) is 122 Å². The molecule has 8 heteroatoms. The van der Waals surface area contributed by atoms with E-state index < -0.39 is 18.5 Å². The second-order valence-electron chi connectivity index (χ2n) is 12.9. The number of ether oxygens (including phenoxy) is 2. The summed E-state index contributed by atoms with van der Waals surface area (Å²) < 4.78 is 11.5. The lowest BCUT2D eigenvalue weighted by molar-refractivity contribution is -0.273. The van der Waals surface area contributed by atoms with E-state index in [4.69, 9.17) is 14.6 Å². The average Bonchev–Trinajstić information content (AvgIpc) is 2.97. The fourth-order valence-electron chi connectivity index (χ4n) is 5.82. The second kappa shape index (κ2) is 27.3. The van der Waals surface area contributed by atoms with Gasteiger partial charge in [-0.2, -0.15) is 0 Å². The van der Waals surface area contributed by atoms with Gasteiger partial charge in [0, 0.05) is 19.4 Å². The molecule has 1 aliphatic rings. The molecule has 1 heterocycles. The lowest BCUT2D eigenvalue weighted by Crippen LogP contribution is -2.48. The number of aliphatic hydroxyl groups excluding tert-OH is 3. The molecule has 1 rings (SSSR count). The molecule has 1 saturated heterocycles. The molecule has 0 saturated carbocycles. The molecule has 0 unspecified atom stereocenters. The molecule has 0 radical (unpaired) electrons. The average molecular weight is 614 g/mol. The third-order valence-electron chi connectivity index (χ3n) is 8.66. The number of hydrogen-bond acceptors (Lipinski definition) is 7. The molecule has 0 aromatic carbocycles. The number of rotatable bonds is 29. The summed E-state index contributed by atoms with van der Waals surface area (Å²) in [4.78, 5) is 23.2. The van der Waals surface area contributed by atoms with E-state index in [1.165, 1.54) is 109 Å². The van der Waals surface area contributed by atoms with E-state index in [2.05, 4.69) is 5.32 Å². The van der Waals surface area contributed by atoms with Crippen LogP contribution in [0.1, 0.15) is 168 Å². The van der Waals surface area contributed by atoms with Gasteiger partial charge in [-0.15, -0.1) is 0 Å². The monoisotopic (exact) mass is 613 g/mol. The maximum absolute atomic E-state index is 11.8. The Morgan fingerprint density at radius 1 is 0.744 bits per heavy atom. The van der Waals surface area contributed by atoms with Crippen LogP contribution in [0, 0.1) is 0 Å². The molecule has 5 atom stereocenters. The van der Waals surface area contributed by atoms with Crippen LogP contribution in [0.2, 0.25) is 0 Å². The van der Waals surface area contributed by atoms with Gasteiger partial charge in [-0.3, -0.25) is 9.59 Å². The summed E-state index contributed by atoms with van der Waals surface area (Å²) in [6.45, 7) is 3.98. The van der Waals surface area contributed by atoms with Gasteiger partial charge in [-0.25, -0.2) is 0 Å². The van der Waals surface area contributed by atoms with Gasteiger partial charge >= 0.3 is 0 Å². The van der Waals surface area contributed by atoms with Crippen LogP contribution >= 0.6 is 0 Å². The third kappa shape index (κ3) is 23.0. The van der Waals surface area contributed by atoms with E-state index >= 15 is 0 Å². The number of Topliss-reactive ketones (excluding diaryl/α,β-unsaturated/α-hetero) is 1. The SMILES string of the molecule is C[C@H](CCCCCCCCCCCCCCCCCCCCCCC(=O)CC(=O)NCCO)O[C@@H]1O[C@@H](C)[C@H](O)C[C@H]1O. The fraction of sp³-hybridized carbons (Fsp3) is 0.943. The van der Waals surface area contributed by atoms with Crippen molar-refractivity contribution in [3.8, 4) is 0 Å². The largest absolute Gasteiger partial charge is 0.395 e. The first kappa shape index (κ1) is 40.0. The van der Waals surface area contributed by atoms with Gasteiger partial charge in [-0.05, 0) is 26.7 Å². The highest BCUT2D eigenvalue weighted by molar-refractivity contribution is 5.97. The van der Waals surface area contributed by atoms with Crippen LogP contribution in [0.3, 0.4) is 0 Å². The van der Waals surface area contributed by atoms with Crippen LogP contribution in [-0.2, 0) is 19.1 Å². The zero-order chi connectivity index (χ0) is 31.5. The Kier molecular flexibility index (Phi) is 25.3. The molecular weight excluding hydrogens is 546 g/mol.